The van der Waals surface area contributed by atoms with Gasteiger partial charge in [0.15, 0.2) is 0 Å². The summed E-state index contributed by atoms with van der Waals surface area (Å²) in [5.41, 5.74) is 1.58. The normalized spacial score (nSPS) is 10.3. The summed E-state index contributed by atoms with van der Waals surface area (Å²) in [5.74, 6) is -0.152. The Bertz CT molecular complexity index is 535. The maximum Gasteiger partial charge on any atom is 0.252 e. The minimum atomic E-state index is -0.152. The van der Waals surface area contributed by atoms with Crippen LogP contribution < -0.4 is 5.32 Å². The molecular formula is C12H13ClN4O. The van der Waals surface area contributed by atoms with Crippen LogP contribution in [0.15, 0.2) is 30.6 Å². The molecule has 94 valence electrons. The van der Waals surface area contributed by atoms with Gasteiger partial charge in [-0.25, -0.2) is 4.98 Å². The standard InChI is InChI=1S/C12H13ClN4O/c1-17-10(5-7-16-17)4-6-14-12(18)9-2-3-11(13)15-8-9/h2-3,5,7-8H,4,6H2,1H3,(H,14,18). The highest BCUT2D eigenvalue weighted by Gasteiger charge is 2.05. The number of hydrogen-bond donors (Lipinski definition) is 1. The zero-order chi connectivity index (χ0) is 13.0. The summed E-state index contributed by atoms with van der Waals surface area (Å²) in [6, 6.07) is 5.17. The van der Waals surface area contributed by atoms with E-state index >= 15 is 0 Å². The molecule has 0 aliphatic heterocycles. The monoisotopic (exact) mass is 264 g/mol. The van der Waals surface area contributed by atoms with Crippen LogP contribution in [0.2, 0.25) is 5.15 Å². The topological polar surface area (TPSA) is 59.8 Å². The molecule has 5 nitrogen and oxygen atoms in total. The van der Waals surface area contributed by atoms with Crippen LogP contribution in [0.25, 0.3) is 0 Å². The number of aromatic nitrogens is 3. The fraction of sp³-hybridized carbons (Fsp3) is 0.250. The van der Waals surface area contributed by atoms with Crippen LogP contribution in [0.4, 0.5) is 0 Å². The molecule has 0 aliphatic rings. The molecule has 0 unspecified atom stereocenters. The lowest BCUT2D eigenvalue weighted by atomic mass is 10.2. The van der Waals surface area contributed by atoms with E-state index in [0.29, 0.717) is 17.3 Å². The van der Waals surface area contributed by atoms with Crippen LogP contribution >= 0.6 is 11.6 Å². The average Bonchev–Trinajstić information content (AvgIpc) is 2.76. The van der Waals surface area contributed by atoms with Crippen molar-refractivity contribution < 1.29 is 4.79 Å². The Hall–Kier alpha value is -1.88. The van der Waals surface area contributed by atoms with E-state index in [-0.39, 0.29) is 5.91 Å². The second-order valence-corrected chi connectivity index (χ2v) is 4.21. The van der Waals surface area contributed by atoms with Crippen molar-refractivity contribution >= 4 is 17.5 Å². The Morgan fingerprint density at radius 1 is 1.44 bits per heavy atom. The van der Waals surface area contributed by atoms with Gasteiger partial charge in [-0.2, -0.15) is 5.10 Å². The first-order valence-electron chi connectivity index (χ1n) is 5.53. The van der Waals surface area contributed by atoms with Crippen molar-refractivity contribution in [1.82, 2.24) is 20.1 Å². The van der Waals surface area contributed by atoms with Gasteiger partial charge < -0.3 is 5.32 Å². The van der Waals surface area contributed by atoms with E-state index in [1.807, 2.05) is 13.1 Å². The second kappa shape index (κ2) is 5.64. The molecular weight excluding hydrogens is 252 g/mol. The van der Waals surface area contributed by atoms with Crippen LogP contribution in [-0.2, 0) is 13.5 Å². The molecule has 2 rings (SSSR count). The van der Waals surface area contributed by atoms with E-state index in [9.17, 15) is 4.79 Å². The van der Waals surface area contributed by atoms with Crippen molar-refractivity contribution in [3.8, 4) is 0 Å². The third-order valence-electron chi connectivity index (χ3n) is 2.58. The van der Waals surface area contributed by atoms with Crippen molar-refractivity contribution in [2.75, 3.05) is 6.54 Å². The fourth-order valence-electron chi connectivity index (χ4n) is 1.56. The van der Waals surface area contributed by atoms with E-state index < -0.39 is 0 Å². The Labute approximate surface area is 110 Å². The van der Waals surface area contributed by atoms with Crippen molar-refractivity contribution in [2.45, 2.75) is 6.42 Å². The number of halogens is 1. The Kier molecular flexibility index (Phi) is 3.94. The molecule has 0 saturated carbocycles. The van der Waals surface area contributed by atoms with Crippen molar-refractivity contribution in [2.24, 2.45) is 7.05 Å². The van der Waals surface area contributed by atoms with Gasteiger partial charge in [0.2, 0.25) is 0 Å². The first kappa shape index (κ1) is 12.6. The van der Waals surface area contributed by atoms with E-state index in [4.69, 9.17) is 11.6 Å². The maximum atomic E-state index is 11.8. The van der Waals surface area contributed by atoms with Crippen LogP contribution in [-0.4, -0.2) is 27.2 Å². The number of carbonyl (C=O) groups excluding carboxylic acids is 1. The number of pyridine rings is 1. The molecule has 0 spiro atoms. The summed E-state index contributed by atoms with van der Waals surface area (Å²) in [7, 11) is 1.88. The second-order valence-electron chi connectivity index (χ2n) is 3.82. The number of carbonyl (C=O) groups is 1. The zero-order valence-corrected chi connectivity index (χ0v) is 10.7. The fourth-order valence-corrected chi connectivity index (χ4v) is 1.67. The first-order valence-corrected chi connectivity index (χ1v) is 5.91. The first-order chi connectivity index (χ1) is 8.66. The predicted molar refractivity (Wildman–Crippen MR) is 68.5 cm³/mol. The summed E-state index contributed by atoms with van der Waals surface area (Å²) < 4.78 is 1.79. The molecule has 2 aromatic rings. The van der Waals surface area contributed by atoms with Gasteiger partial charge in [-0.15, -0.1) is 0 Å². The highest BCUT2D eigenvalue weighted by Crippen LogP contribution is 2.05. The maximum absolute atomic E-state index is 11.8. The lowest BCUT2D eigenvalue weighted by Crippen LogP contribution is -2.26. The third-order valence-corrected chi connectivity index (χ3v) is 2.80. The molecule has 0 saturated heterocycles. The summed E-state index contributed by atoms with van der Waals surface area (Å²) in [6.45, 7) is 0.557. The average molecular weight is 265 g/mol. The van der Waals surface area contributed by atoms with E-state index in [1.54, 1.807) is 23.0 Å². The minimum Gasteiger partial charge on any atom is -0.352 e. The van der Waals surface area contributed by atoms with E-state index in [0.717, 1.165) is 12.1 Å². The van der Waals surface area contributed by atoms with Crippen molar-refractivity contribution in [3.05, 3.63) is 47.0 Å². The minimum absolute atomic E-state index is 0.152. The number of nitrogens with zero attached hydrogens (tertiary/aromatic N) is 3. The Balaban J connectivity index is 1.85. The smallest absolute Gasteiger partial charge is 0.252 e. The zero-order valence-electron chi connectivity index (χ0n) is 9.93. The molecule has 1 amide bonds. The molecule has 18 heavy (non-hydrogen) atoms. The third kappa shape index (κ3) is 3.07. The number of amides is 1. The molecule has 0 radical (unpaired) electrons. The molecule has 0 fully saturated rings. The summed E-state index contributed by atoms with van der Waals surface area (Å²) >= 11 is 5.65. The van der Waals surface area contributed by atoms with Crippen molar-refractivity contribution in [1.29, 1.82) is 0 Å². The van der Waals surface area contributed by atoms with Gasteiger partial charge in [-0.3, -0.25) is 9.48 Å². The molecule has 0 aromatic carbocycles. The largest absolute Gasteiger partial charge is 0.352 e. The molecule has 0 bridgehead atoms. The summed E-state index contributed by atoms with van der Waals surface area (Å²) in [5, 5.41) is 7.26. The highest BCUT2D eigenvalue weighted by molar-refractivity contribution is 6.29. The SMILES string of the molecule is Cn1nccc1CCNC(=O)c1ccc(Cl)nc1. The van der Waals surface area contributed by atoms with Crippen LogP contribution in [0.5, 0.6) is 0 Å². The Morgan fingerprint density at radius 2 is 2.28 bits per heavy atom. The lowest BCUT2D eigenvalue weighted by molar-refractivity contribution is 0.0953. The van der Waals surface area contributed by atoms with Crippen molar-refractivity contribution in [3.63, 3.8) is 0 Å². The quantitative estimate of drug-likeness (QED) is 0.850. The number of hydrogen-bond acceptors (Lipinski definition) is 3. The molecule has 1 N–H and O–H groups in total. The van der Waals surface area contributed by atoms with Gasteiger partial charge in [-0.05, 0) is 18.2 Å². The number of rotatable bonds is 4. The highest BCUT2D eigenvalue weighted by atomic mass is 35.5. The predicted octanol–water partition coefficient (Wildman–Crippen LogP) is 1.44. The van der Waals surface area contributed by atoms with E-state index in [1.165, 1.54) is 6.20 Å². The molecule has 2 aromatic heterocycles. The van der Waals surface area contributed by atoms with Gasteiger partial charge in [0.1, 0.15) is 5.15 Å². The van der Waals surface area contributed by atoms with Gasteiger partial charge >= 0.3 is 0 Å². The van der Waals surface area contributed by atoms with E-state index in [2.05, 4.69) is 15.4 Å². The van der Waals surface area contributed by atoms with Crippen LogP contribution in [0.3, 0.4) is 0 Å². The van der Waals surface area contributed by atoms with Crippen LogP contribution in [0.1, 0.15) is 16.1 Å². The lowest BCUT2D eigenvalue weighted by Gasteiger charge is -2.05. The summed E-state index contributed by atoms with van der Waals surface area (Å²) in [6.07, 6.45) is 3.94. The van der Waals surface area contributed by atoms with Gasteiger partial charge in [0.25, 0.3) is 5.91 Å². The molecule has 0 atom stereocenters. The van der Waals surface area contributed by atoms with Gasteiger partial charge in [0, 0.05) is 38.1 Å². The molecule has 2 heterocycles. The Morgan fingerprint density at radius 3 is 2.89 bits per heavy atom. The number of nitrogens with one attached hydrogen (secondary N) is 1. The summed E-state index contributed by atoms with van der Waals surface area (Å²) in [4.78, 5) is 15.6. The molecule has 0 aliphatic carbocycles. The van der Waals surface area contributed by atoms with Gasteiger partial charge in [0.05, 0.1) is 5.56 Å². The molecule has 6 heteroatoms. The van der Waals surface area contributed by atoms with Gasteiger partial charge in [-0.1, -0.05) is 11.6 Å². The number of aryl methyl sites for hydroxylation is 1. The van der Waals surface area contributed by atoms with Crippen LogP contribution in [0, 0.1) is 0 Å².